The fourth-order valence-corrected chi connectivity index (χ4v) is 7.79. The molecule has 0 unspecified atom stereocenters. The van der Waals surface area contributed by atoms with Crippen LogP contribution in [0.4, 0.5) is 0 Å². The number of hydrogen-bond acceptors (Lipinski definition) is 5. The molecular weight excluding hydrogens is 687 g/mol. The number of hydrogen-bond donors (Lipinski definition) is 0. The van der Waals surface area contributed by atoms with Crippen molar-refractivity contribution in [3.8, 4) is 62.2 Å². The molecule has 4 aromatic heterocycles. The highest BCUT2D eigenvalue weighted by Crippen LogP contribution is 2.44. The van der Waals surface area contributed by atoms with E-state index in [2.05, 4.69) is 132 Å². The van der Waals surface area contributed by atoms with Crippen molar-refractivity contribution in [3.63, 3.8) is 0 Å². The lowest BCUT2D eigenvalue weighted by Crippen LogP contribution is -2.00. The van der Waals surface area contributed by atoms with Gasteiger partial charge in [0.05, 0.1) is 16.4 Å². The van der Waals surface area contributed by atoms with Crippen LogP contribution < -0.4 is 0 Å². The highest BCUT2D eigenvalue weighted by Gasteiger charge is 2.24. The lowest BCUT2D eigenvalue weighted by atomic mass is 10.0. The lowest BCUT2D eigenvalue weighted by Gasteiger charge is -2.10. The number of rotatable bonds is 6. The van der Waals surface area contributed by atoms with Crippen molar-refractivity contribution in [3.05, 3.63) is 188 Å². The average Bonchev–Trinajstić information content (AvgIpc) is 3.82. The van der Waals surface area contributed by atoms with Crippen molar-refractivity contribution in [2.24, 2.45) is 0 Å². The largest absolute Gasteiger partial charge is 0.437 e. The van der Waals surface area contributed by atoms with Gasteiger partial charge >= 0.3 is 0 Å². The van der Waals surface area contributed by atoms with Crippen LogP contribution in [0.1, 0.15) is 0 Å². The summed E-state index contributed by atoms with van der Waals surface area (Å²) in [6.45, 7) is 0. The van der Waals surface area contributed by atoms with E-state index in [-0.39, 0.29) is 0 Å². The quantitative estimate of drug-likeness (QED) is 0.171. The van der Waals surface area contributed by atoms with Gasteiger partial charge in [0.1, 0.15) is 5.69 Å². The Kier molecular flexibility index (Phi) is 7.38. The average molecular weight is 718 g/mol. The van der Waals surface area contributed by atoms with Gasteiger partial charge in [-0.1, -0.05) is 152 Å². The molecule has 0 bridgehead atoms. The molecule has 0 aliphatic rings. The second kappa shape index (κ2) is 13.0. The summed E-state index contributed by atoms with van der Waals surface area (Å²) in [5.74, 6) is 1.84. The molecule has 4 heterocycles. The minimum atomic E-state index is 0.601. The Morgan fingerprint density at radius 1 is 0.357 bits per heavy atom. The second-order valence-corrected chi connectivity index (χ2v) is 13.8. The van der Waals surface area contributed by atoms with Crippen LogP contribution >= 0.6 is 0 Å². The molecule has 11 aromatic rings. The molecule has 0 saturated heterocycles. The molecule has 0 radical (unpaired) electrons. The fourth-order valence-electron chi connectivity index (χ4n) is 7.79. The van der Waals surface area contributed by atoms with Gasteiger partial charge in [0.15, 0.2) is 23.1 Å². The van der Waals surface area contributed by atoms with Gasteiger partial charge < -0.3 is 4.42 Å². The fraction of sp³-hybridized carbons (Fsp3) is 0. The number of para-hydroxylation sites is 2. The van der Waals surface area contributed by atoms with Gasteiger partial charge in [0.25, 0.3) is 0 Å². The molecule has 56 heavy (non-hydrogen) atoms. The summed E-state index contributed by atoms with van der Waals surface area (Å²) >= 11 is 0. The first kappa shape index (κ1) is 31.8. The smallest absolute Gasteiger partial charge is 0.213 e. The predicted octanol–water partition coefficient (Wildman–Crippen LogP) is 12.6. The summed E-state index contributed by atoms with van der Waals surface area (Å²) in [5, 5.41) is 4.32. The SMILES string of the molecule is c1ccc(-c2ccc(-c3nc(-c4ccccc4)nc(-c4ccc(-n5c6ccccc6c6c7c(oc65)c(-c5ccccc5)nc5ccccc57)cc4)n3)cc2)cc1. The van der Waals surface area contributed by atoms with Crippen LogP contribution in [0.15, 0.2) is 192 Å². The minimum absolute atomic E-state index is 0.601. The maximum atomic E-state index is 6.97. The predicted molar refractivity (Wildman–Crippen MR) is 226 cm³/mol. The summed E-state index contributed by atoms with van der Waals surface area (Å²) in [6, 6.07) is 64.3. The Bertz CT molecular complexity index is 3210. The summed E-state index contributed by atoms with van der Waals surface area (Å²) in [5.41, 5.74) is 11.4. The first-order valence-electron chi connectivity index (χ1n) is 18.6. The maximum absolute atomic E-state index is 6.97. The molecule has 0 amide bonds. The minimum Gasteiger partial charge on any atom is -0.437 e. The molecule has 0 aliphatic carbocycles. The van der Waals surface area contributed by atoms with Crippen LogP contribution in [-0.4, -0.2) is 24.5 Å². The van der Waals surface area contributed by atoms with Crippen molar-refractivity contribution >= 4 is 43.9 Å². The van der Waals surface area contributed by atoms with Crippen molar-refractivity contribution < 1.29 is 4.42 Å². The number of furan rings is 1. The van der Waals surface area contributed by atoms with Crippen LogP contribution in [0, 0.1) is 0 Å². The van der Waals surface area contributed by atoms with Crippen molar-refractivity contribution in [2.75, 3.05) is 0 Å². The molecular formula is C50H31N5O. The zero-order valence-corrected chi connectivity index (χ0v) is 30.0. The first-order chi connectivity index (χ1) is 27.8. The van der Waals surface area contributed by atoms with E-state index in [0.717, 1.165) is 88.6 Å². The van der Waals surface area contributed by atoms with Crippen LogP contribution in [-0.2, 0) is 0 Å². The summed E-state index contributed by atoms with van der Waals surface area (Å²) in [6.07, 6.45) is 0. The second-order valence-electron chi connectivity index (χ2n) is 13.8. The first-order valence-corrected chi connectivity index (χ1v) is 18.6. The summed E-state index contributed by atoms with van der Waals surface area (Å²) < 4.78 is 9.17. The Balaban J connectivity index is 1.06. The Morgan fingerprint density at radius 3 is 1.46 bits per heavy atom. The van der Waals surface area contributed by atoms with E-state index in [1.165, 1.54) is 0 Å². The number of pyridine rings is 1. The van der Waals surface area contributed by atoms with Gasteiger partial charge in [-0.3, -0.25) is 4.57 Å². The lowest BCUT2D eigenvalue weighted by molar-refractivity contribution is 0.645. The summed E-state index contributed by atoms with van der Waals surface area (Å²) in [7, 11) is 0. The van der Waals surface area contributed by atoms with E-state index in [9.17, 15) is 0 Å². The molecule has 6 nitrogen and oxygen atoms in total. The third-order valence-corrected chi connectivity index (χ3v) is 10.5. The van der Waals surface area contributed by atoms with Gasteiger partial charge in [-0.15, -0.1) is 0 Å². The van der Waals surface area contributed by atoms with Crippen LogP contribution in [0.3, 0.4) is 0 Å². The standard InChI is InChI=1S/C50H31N5O/c1-4-14-32(15-5-1)33-24-26-36(27-25-33)48-52-47(35-18-8-3-9-19-35)53-49(54-48)37-28-30-38(31-29-37)55-42-23-13-11-21-40(42)44-43-39-20-10-12-22-41(39)51-45(46(43)56-50(44)55)34-16-6-2-7-17-34/h1-31H. The number of fused-ring (bicyclic) bond motifs is 7. The molecule has 0 fully saturated rings. The normalized spacial score (nSPS) is 11.6. The molecule has 7 aromatic carbocycles. The maximum Gasteiger partial charge on any atom is 0.213 e. The van der Waals surface area contributed by atoms with Crippen molar-refractivity contribution in [1.29, 1.82) is 0 Å². The molecule has 6 heteroatoms. The van der Waals surface area contributed by atoms with Crippen LogP contribution in [0.5, 0.6) is 0 Å². The Morgan fingerprint density at radius 2 is 0.821 bits per heavy atom. The molecule has 0 saturated carbocycles. The molecule has 262 valence electrons. The van der Waals surface area contributed by atoms with E-state index in [1.807, 2.05) is 60.7 Å². The van der Waals surface area contributed by atoms with E-state index in [0.29, 0.717) is 17.5 Å². The molecule has 11 rings (SSSR count). The van der Waals surface area contributed by atoms with Gasteiger partial charge in [-0.25, -0.2) is 19.9 Å². The monoisotopic (exact) mass is 717 g/mol. The van der Waals surface area contributed by atoms with Crippen molar-refractivity contribution in [1.82, 2.24) is 24.5 Å². The van der Waals surface area contributed by atoms with Crippen molar-refractivity contribution in [2.45, 2.75) is 0 Å². The van der Waals surface area contributed by atoms with Crippen LogP contribution in [0.2, 0.25) is 0 Å². The Hall–Kier alpha value is -7.70. The third-order valence-electron chi connectivity index (χ3n) is 10.5. The zero-order chi connectivity index (χ0) is 37.0. The number of aromatic nitrogens is 5. The third kappa shape index (κ3) is 5.27. The van der Waals surface area contributed by atoms with E-state index in [4.69, 9.17) is 24.4 Å². The molecule has 0 atom stereocenters. The van der Waals surface area contributed by atoms with Crippen LogP contribution in [0.25, 0.3) is 106 Å². The number of benzene rings is 7. The topological polar surface area (TPSA) is 69.6 Å². The number of nitrogens with zero attached hydrogens (tertiary/aromatic N) is 5. The van der Waals surface area contributed by atoms with E-state index in [1.54, 1.807) is 0 Å². The van der Waals surface area contributed by atoms with Gasteiger partial charge in [0, 0.05) is 44.1 Å². The zero-order valence-electron chi connectivity index (χ0n) is 30.0. The molecule has 0 spiro atoms. The van der Waals surface area contributed by atoms with E-state index < -0.39 is 0 Å². The Labute approximate surface area is 322 Å². The van der Waals surface area contributed by atoms with Gasteiger partial charge in [-0.2, -0.15) is 0 Å². The molecule has 0 aliphatic heterocycles. The highest BCUT2D eigenvalue weighted by molar-refractivity contribution is 6.28. The van der Waals surface area contributed by atoms with Gasteiger partial charge in [-0.05, 0) is 47.5 Å². The van der Waals surface area contributed by atoms with Gasteiger partial charge in [0.2, 0.25) is 5.71 Å². The van der Waals surface area contributed by atoms with E-state index >= 15 is 0 Å². The highest BCUT2D eigenvalue weighted by atomic mass is 16.3. The molecule has 0 N–H and O–H groups in total. The summed E-state index contributed by atoms with van der Waals surface area (Å²) in [4.78, 5) is 20.1.